The molecule has 0 fully saturated rings. The Balaban J connectivity index is 1.67. The summed E-state index contributed by atoms with van der Waals surface area (Å²) in [6.45, 7) is 2.34. The minimum atomic E-state index is -0.635. The maximum Gasteiger partial charge on any atom is 0.291 e. The van der Waals surface area contributed by atoms with Crippen molar-refractivity contribution < 1.29 is 18.3 Å². The number of methoxy groups -OCH3 is 1. The molecular weight excluding hydrogens is 421 g/mol. The summed E-state index contributed by atoms with van der Waals surface area (Å²) in [4.78, 5) is 28.6. The topological polar surface area (TPSA) is 59.8 Å². The van der Waals surface area contributed by atoms with Crippen LogP contribution in [0.1, 0.15) is 45.8 Å². The first-order valence-electron chi connectivity index (χ1n) is 10.8. The van der Waals surface area contributed by atoms with E-state index >= 15 is 0 Å². The van der Waals surface area contributed by atoms with Gasteiger partial charge in [0, 0.05) is 6.54 Å². The van der Waals surface area contributed by atoms with E-state index in [1.54, 1.807) is 12.0 Å². The first-order chi connectivity index (χ1) is 16.0. The number of aryl methyl sites for hydroxylation is 1. The van der Waals surface area contributed by atoms with Crippen molar-refractivity contribution in [2.45, 2.75) is 25.9 Å². The normalized spacial score (nSPS) is 15.2. The molecule has 5 nitrogen and oxygen atoms in total. The van der Waals surface area contributed by atoms with E-state index in [4.69, 9.17) is 9.15 Å². The number of carbonyl (C=O) groups excluding carboxylic acids is 1. The molecule has 0 radical (unpaired) electrons. The molecule has 0 spiro atoms. The summed E-state index contributed by atoms with van der Waals surface area (Å²) < 4.78 is 25.0. The van der Waals surface area contributed by atoms with Crippen LogP contribution in [0.4, 0.5) is 4.39 Å². The van der Waals surface area contributed by atoms with Gasteiger partial charge in [0.1, 0.15) is 17.1 Å². The molecule has 2 heterocycles. The van der Waals surface area contributed by atoms with Gasteiger partial charge in [-0.25, -0.2) is 4.39 Å². The van der Waals surface area contributed by atoms with E-state index in [2.05, 4.69) is 6.92 Å². The molecule has 0 saturated heterocycles. The molecule has 1 aromatic heterocycles. The summed E-state index contributed by atoms with van der Waals surface area (Å²) in [6, 6.07) is 18.4. The molecular formula is C27H22FNO4. The van der Waals surface area contributed by atoms with Gasteiger partial charge in [0.2, 0.25) is 5.76 Å². The van der Waals surface area contributed by atoms with Crippen LogP contribution in [0.3, 0.4) is 0 Å². The minimum absolute atomic E-state index is 0.0113. The fourth-order valence-electron chi connectivity index (χ4n) is 4.37. The fourth-order valence-corrected chi connectivity index (χ4v) is 4.37. The number of benzene rings is 3. The Morgan fingerprint density at radius 3 is 2.33 bits per heavy atom. The van der Waals surface area contributed by atoms with Crippen molar-refractivity contribution in [2.75, 3.05) is 7.11 Å². The molecule has 1 unspecified atom stereocenters. The van der Waals surface area contributed by atoms with E-state index in [1.165, 1.54) is 12.1 Å². The number of ether oxygens (including phenoxy) is 1. The Labute approximate surface area is 190 Å². The molecule has 1 amide bonds. The highest BCUT2D eigenvalue weighted by atomic mass is 19.1. The van der Waals surface area contributed by atoms with Crippen molar-refractivity contribution in [3.8, 4) is 5.75 Å². The van der Waals surface area contributed by atoms with Crippen LogP contribution in [0, 0.1) is 5.82 Å². The smallest absolute Gasteiger partial charge is 0.291 e. The third-order valence-corrected chi connectivity index (χ3v) is 6.14. The summed E-state index contributed by atoms with van der Waals surface area (Å²) in [6.07, 6.45) is 0.877. The van der Waals surface area contributed by atoms with Gasteiger partial charge in [-0.15, -0.1) is 0 Å². The van der Waals surface area contributed by atoms with Crippen LogP contribution < -0.4 is 10.2 Å². The monoisotopic (exact) mass is 443 g/mol. The molecule has 0 N–H and O–H groups in total. The van der Waals surface area contributed by atoms with Gasteiger partial charge in [0.05, 0.1) is 24.1 Å². The first-order valence-corrected chi connectivity index (χ1v) is 10.8. The molecule has 0 saturated carbocycles. The van der Waals surface area contributed by atoms with Crippen molar-refractivity contribution in [1.82, 2.24) is 4.90 Å². The van der Waals surface area contributed by atoms with Crippen molar-refractivity contribution in [3.63, 3.8) is 0 Å². The molecule has 0 bridgehead atoms. The Kier molecular flexibility index (Phi) is 5.21. The van der Waals surface area contributed by atoms with Gasteiger partial charge in [0.15, 0.2) is 5.43 Å². The highest BCUT2D eigenvalue weighted by molar-refractivity contribution is 5.99. The van der Waals surface area contributed by atoms with Gasteiger partial charge in [-0.1, -0.05) is 43.3 Å². The van der Waals surface area contributed by atoms with Crippen LogP contribution in [-0.2, 0) is 13.0 Å². The standard InChI is InChI=1S/C27H22FNO4/c1-3-16-4-8-18(9-5-16)24-23-25(30)21-14-19(28)10-13-22(21)33-26(23)27(31)29(24)15-17-6-11-20(32-2)12-7-17/h4-14,24H,3,15H2,1-2H3. The van der Waals surface area contributed by atoms with E-state index < -0.39 is 11.9 Å². The van der Waals surface area contributed by atoms with Gasteiger partial charge < -0.3 is 14.1 Å². The zero-order chi connectivity index (χ0) is 23.1. The Bertz CT molecular complexity index is 1410. The lowest BCUT2D eigenvalue weighted by Gasteiger charge is -2.25. The number of halogens is 1. The number of amides is 1. The predicted molar refractivity (Wildman–Crippen MR) is 123 cm³/mol. The molecule has 6 heteroatoms. The van der Waals surface area contributed by atoms with Gasteiger partial charge in [0.25, 0.3) is 5.91 Å². The first kappa shape index (κ1) is 20.9. The third kappa shape index (κ3) is 3.57. The summed E-state index contributed by atoms with van der Waals surface area (Å²) in [7, 11) is 1.59. The summed E-state index contributed by atoms with van der Waals surface area (Å²) >= 11 is 0. The van der Waals surface area contributed by atoms with Crippen molar-refractivity contribution in [1.29, 1.82) is 0 Å². The molecule has 166 valence electrons. The second-order valence-electron chi connectivity index (χ2n) is 8.09. The zero-order valence-electron chi connectivity index (χ0n) is 18.3. The van der Waals surface area contributed by atoms with E-state index in [-0.39, 0.29) is 40.2 Å². The number of hydrogen-bond donors (Lipinski definition) is 0. The molecule has 1 aliphatic heterocycles. The second kappa shape index (κ2) is 8.20. The van der Waals surface area contributed by atoms with Crippen molar-refractivity contribution >= 4 is 16.9 Å². The quantitative estimate of drug-likeness (QED) is 0.423. The van der Waals surface area contributed by atoms with Crippen LogP contribution >= 0.6 is 0 Å². The molecule has 5 rings (SSSR count). The molecule has 1 atom stereocenters. The largest absolute Gasteiger partial charge is 0.497 e. The van der Waals surface area contributed by atoms with Crippen molar-refractivity contribution in [2.24, 2.45) is 0 Å². The lowest BCUT2D eigenvalue weighted by molar-refractivity contribution is 0.0714. The van der Waals surface area contributed by atoms with E-state index in [0.29, 0.717) is 5.75 Å². The SMILES string of the molecule is CCc1ccc(C2c3c(oc4ccc(F)cc4c3=O)C(=O)N2Cc2ccc(OC)cc2)cc1. The number of nitrogens with zero attached hydrogens (tertiary/aromatic N) is 1. The maximum atomic E-state index is 13.9. The minimum Gasteiger partial charge on any atom is -0.497 e. The lowest BCUT2D eigenvalue weighted by atomic mass is 9.97. The highest BCUT2D eigenvalue weighted by Crippen LogP contribution is 2.39. The summed E-state index contributed by atoms with van der Waals surface area (Å²) in [5.41, 5.74) is 2.89. The van der Waals surface area contributed by atoms with Gasteiger partial charge in [-0.05, 0) is 53.4 Å². The molecule has 0 aliphatic carbocycles. The fraction of sp³-hybridized carbons (Fsp3) is 0.185. The average molecular weight is 443 g/mol. The van der Waals surface area contributed by atoms with Crippen LogP contribution in [-0.4, -0.2) is 17.9 Å². The molecule has 3 aromatic carbocycles. The molecule has 33 heavy (non-hydrogen) atoms. The van der Waals surface area contributed by atoms with Crippen molar-refractivity contribution in [3.05, 3.63) is 111 Å². The summed E-state index contributed by atoms with van der Waals surface area (Å²) in [5.74, 6) is -0.171. The van der Waals surface area contributed by atoms with E-state index in [0.717, 1.165) is 29.2 Å². The summed E-state index contributed by atoms with van der Waals surface area (Å²) in [5, 5.41) is 0.128. The van der Waals surface area contributed by atoms with Gasteiger partial charge in [-0.3, -0.25) is 9.59 Å². The van der Waals surface area contributed by atoms with E-state index in [9.17, 15) is 14.0 Å². The number of rotatable bonds is 5. The predicted octanol–water partition coefficient (Wildman–Crippen LogP) is 5.25. The third-order valence-electron chi connectivity index (χ3n) is 6.14. The van der Waals surface area contributed by atoms with Crippen LogP contribution in [0.25, 0.3) is 11.0 Å². The number of hydrogen-bond acceptors (Lipinski definition) is 4. The highest BCUT2D eigenvalue weighted by Gasteiger charge is 2.42. The Morgan fingerprint density at radius 2 is 1.67 bits per heavy atom. The number of carbonyl (C=O) groups is 1. The molecule has 1 aliphatic rings. The Morgan fingerprint density at radius 1 is 0.970 bits per heavy atom. The van der Waals surface area contributed by atoms with Gasteiger partial charge >= 0.3 is 0 Å². The van der Waals surface area contributed by atoms with E-state index in [1.807, 2.05) is 48.5 Å². The van der Waals surface area contributed by atoms with Crippen LogP contribution in [0.5, 0.6) is 5.75 Å². The van der Waals surface area contributed by atoms with Crippen LogP contribution in [0.2, 0.25) is 0 Å². The second-order valence-corrected chi connectivity index (χ2v) is 8.09. The Hall–Kier alpha value is -3.93. The number of fused-ring (bicyclic) bond motifs is 2. The maximum absolute atomic E-state index is 13.9. The van der Waals surface area contributed by atoms with Crippen LogP contribution in [0.15, 0.2) is 75.9 Å². The molecule has 4 aromatic rings. The average Bonchev–Trinajstić information content (AvgIpc) is 3.12. The lowest BCUT2D eigenvalue weighted by Crippen LogP contribution is -2.29. The van der Waals surface area contributed by atoms with Gasteiger partial charge in [-0.2, -0.15) is 0 Å². The zero-order valence-corrected chi connectivity index (χ0v) is 18.3.